The van der Waals surface area contributed by atoms with Crippen LogP contribution in [0, 0.1) is 17.0 Å². The van der Waals surface area contributed by atoms with Gasteiger partial charge in [-0.2, -0.15) is 0 Å². The lowest BCUT2D eigenvalue weighted by molar-refractivity contribution is -0.104. The summed E-state index contributed by atoms with van der Waals surface area (Å²) in [6.07, 6.45) is -0.642. The van der Waals surface area contributed by atoms with Crippen LogP contribution in [0.15, 0.2) is 42.7 Å². The van der Waals surface area contributed by atoms with Gasteiger partial charge in [0, 0.05) is 23.7 Å². The first-order valence-electron chi connectivity index (χ1n) is 9.43. The van der Waals surface area contributed by atoms with Gasteiger partial charge in [0.25, 0.3) is 6.43 Å². The zero-order chi connectivity index (χ0) is 22.1. The number of alkyl halides is 2. The molecule has 0 radical (unpaired) electrons. The van der Waals surface area contributed by atoms with Crippen molar-refractivity contribution in [1.29, 1.82) is 0 Å². The standard InChI is InChI=1S/C22H23F4N3O/c1-21(2,3)9-15-12-28-19(29-15)10-22(30,20(25)26)16-6-4-13(8-17(16)24)18-7-5-14(23)11-27-18/h4-8,11-12,20,30H,9-10H2,1-3H3,(H,28,29). The lowest BCUT2D eigenvalue weighted by atomic mass is 9.89. The zero-order valence-electron chi connectivity index (χ0n) is 16.9. The van der Waals surface area contributed by atoms with Gasteiger partial charge in [0.15, 0.2) is 5.60 Å². The van der Waals surface area contributed by atoms with Gasteiger partial charge < -0.3 is 10.1 Å². The molecule has 2 N–H and O–H groups in total. The molecule has 0 aliphatic heterocycles. The number of hydrogen-bond acceptors (Lipinski definition) is 3. The summed E-state index contributed by atoms with van der Waals surface area (Å²) in [6, 6.07) is 5.97. The maximum atomic E-state index is 14.8. The molecule has 0 amide bonds. The Morgan fingerprint density at radius 1 is 1.07 bits per heavy atom. The Morgan fingerprint density at radius 3 is 2.37 bits per heavy atom. The van der Waals surface area contributed by atoms with E-state index < -0.39 is 35.6 Å². The van der Waals surface area contributed by atoms with E-state index in [0.29, 0.717) is 12.1 Å². The number of nitrogens with one attached hydrogen (secondary N) is 1. The molecule has 4 nitrogen and oxygen atoms in total. The number of aliphatic hydroxyl groups is 1. The Bertz CT molecular complexity index is 1010. The molecule has 1 atom stereocenters. The van der Waals surface area contributed by atoms with Crippen molar-refractivity contribution < 1.29 is 22.7 Å². The van der Waals surface area contributed by atoms with Gasteiger partial charge in [0.1, 0.15) is 17.5 Å². The quantitative estimate of drug-likeness (QED) is 0.549. The van der Waals surface area contributed by atoms with Gasteiger partial charge >= 0.3 is 0 Å². The van der Waals surface area contributed by atoms with Crippen molar-refractivity contribution in [3.8, 4) is 11.3 Å². The van der Waals surface area contributed by atoms with Crippen molar-refractivity contribution in [2.24, 2.45) is 5.41 Å². The third kappa shape index (κ3) is 4.87. The summed E-state index contributed by atoms with van der Waals surface area (Å²) in [5.41, 5.74) is -2.14. The Hall–Kier alpha value is -2.74. The van der Waals surface area contributed by atoms with E-state index in [-0.39, 0.29) is 22.5 Å². The number of halogens is 4. The number of H-pyrrole nitrogens is 1. The van der Waals surface area contributed by atoms with E-state index in [0.717, 1.165) is 24.4 Å². The summed E-state index contributed by atoms with van der Waals surface area (Å²) in [7, 11) is 0. The summed E-state index contributed by atoms with van der Waals surface area (Å²) in [6.45, 7) is 6.05. The second kappa shape index (κ2) is 8.18. The molecule has 0 saturated carbocycles. The van der Waals surface area contributed by atoms with Crippen molar-refractivity contribution in [3.63, 3.8) is 0 Å². The number of aromatic nitrogens is 3. The van der Waals surface area contributed by atoms with E-state index in [1.165, 1.54) is 12.1 Å². The van der Waals surface area contributed by atoms with Crippen LogP contribution < -0.4 is 0 Å². The number of benzene rings is 1. The molecule has 1 unspecified atom stereocenters. The maximum Gasteiger partial charge on any atom is 0.271 e. The van der Waals surface area contributed by atoms with Crippen LogP contribution >= 0.6 is 0 Å². The number of pyridine rings is 1. The Kier molecular flexibility index (Phi) is 5.99. The van der Waals surface area contributed by atoms with E-state index in [9.17, 15) is 22.7 Å². The zero-order valence-corrected chi connectivity index (χ0v) is 16.9. The smallest absolute Gasteiger partial charge is 0.271 e. The monoisotopic (exact) mass is 421 g/mol. The Morgan fingerprint density at radius 2 is 1.80 bits per heavy atom. The molecule has 0 saturated heterocycles. The molecule has 3 rings (SSSR count). The van der Waals surface area contributed by atoms with E-state index >= 15 is 0 Å². The summed E-state index contributed by atoms with van der Waals surface area (Å²) in [4.78, 5) is 10.9. The number of aromatic amines is 1. The molecule has 0 spiro atoms. The molecule has 0 fully saturated rings. The number of nitrogens with zero attached hydrogens (tertiary/aromatic N) is 2. The highest BCUT2D eigenvalue weighted by Crippen LogP contribution is 2.35. The Balaban J connectivity index is 1.90. The van der Waals surface area contributed by atoms with Crippen molar-refractivity contribution in [2.75, 3.05) is 0 Å². The first-order chi connectivity index (χ1) is 14.0. The third-order valence-corrected chi connectivity index (χ3v) is 4.65. The van der Waals surface area contributed by atoms with E-state index in [2.05, 4.69) is 15.0 Å². The minimum absolute atomic E-state index is 0.0538. The van der Waals surface area contributed by atoms with Gasteiger partial charge in [0.2, 0.25) is 0 Å². The molecule has 0 aliphatic rings. The second-order valence-corrected chi connectivity index (χ2v) is 8.53. The fraction of sp³-hybridized carbons (Fsp3) is 0.364. The first kappa shape index (κ1) is 22.0. The minimum Gasteiger partial charge on any atom is -0.379 e. The van der Waals surface area contributed by atoms with Crippen LogP contribution in [-0.2, 0) is 18.4 Å². The minimum atomic E-state index is -3.25. The number of rotatable bonds is 6. The molecule has 0 aliphatic carbocycles. The van der Waals surface area contributed by atoms with Gasteiger partial charge in [-0.15, -0.1) is 0 Å². The predicted molar refractivity (Wildman–Crippen MR) is 105 cm³/mol. The highest BCUT2D eigenvalue weighted by atomic mass is 19.3. The molecule has 2 aromatic heterocycles. The molecule has 3 aromatic rings. The van der Waals surface area contributed by atoms with Crippen LogP contribution in [0.5, 0.6) is 0 Å². The van der Waals surface area contributed by atoms with Crippen LogP contribution in [0.3, 0.4) is 0 Å². The second-order valence-electron chi connectivity index (χ2n) is 8.53. The normalized spacial score (nSPS) is 14.2. The summed E-state index contributed by atoms with van der Waals surface area (Å²) in [5.74, 6) is -1.42. The Labute approximate surface area is 172 Å². The van der Waals surface area contributed by atoms with Gasteiger partial charge in [-0.3, -0.25) is 4.98 Å². The molecular weight excluding hydrogens is 398 g/mol. The van der Waals surface area contributed by atoms with E-state index in [1.54, 1.807) is 6.20 Å². The number of imidazole rings is 1. The molecule has 8 heteroatoms. The first-order valence-corrected chi connectivity index (χ1v) is 9.43. The fourth-order valence-electron chi connectivity index (χ4n) is 3.25. The van der Waals surface area contributed by atoms with Crippen LogP contribution in [-0.4, -0.2) is 26.5 Å². The summed E-state index contributed by atoms with van der Waals surface area (Å²) in [5, 5.41) is 10.7. The van der Waals surface area contributed by atoms with Gasteiger partial charge in [0.05, 0.1) is 17.6 Å². The molecule has 2 heterocycles. The molecule has 30 heavy (non-hydrogen) atoms. The third-order valence-electron chi connectivity index (χ3n) is 4.65. The molecular formula is C22H23F4N3O. The average Bonchev–Trinajstić information content (AvgIpc) is 3.06. The molecule has 1 aromatic carbocycles. The van der Waals surface area contributed by atoms with Gasteiger partial charge in [-0.25, -0.2) is 22.5 Å². The number of hydrogen-bond donors (Lipinski definition) is 2. The largest absolute Gasteiger partial charge is 0.379 e. The van der Waals surface area contributed by atoms with E-state index in [1.807, 2.05) is 20.8 Å². The lowest BCUT2D eigenvalue weighted by Crippen LogP contribution is -2.38. The topological polar surface area (TPSA) is 61.8 Å². The fourth-order valence-corrected chi connectivity index (χ4v) is 3.25. The van der Waals surface area contributed by atoms with Crippen molar-refractivity contribution in [1.82, 2.24) is 15.0 Å². The van der Waals surface area contributed by atoms with Crippen LogP contribution in [0.1, 0.15) is 37.9 Å². The summed E-state index contributed by atoms with van der Waals surface area (Å²) < 4.78 is 55.5. The van der Waals surface area contributed by atoms with Crippen molar-refractivity contribution >= 4 is 0 Å². The van der Waals surface area contributed by atoms with E-state index in [4.69, 9.17) is 0 Å². The summed E-state index contributed by atoms with van der Waals surface area (Å²) >= 11 is 0. The van der Waals surface area contributed by atoms with Crippen LogP contribution in [0.25, 0.3) is 11.3 Å². The van der Waals surface area contributed by atoms with Crippen molar-refractivity contribution in [3.05, 3.63) is 71.4 Å². The van der Waals surface area contributed by atoms with Crippen molar-refractivity contribution in [2.45, 2.75) is 45.6 Å². The molecule has 0 bridgehead atoms. The van der Waals surface area contributed by atoms with Crippen LogP contribution in [0.2, 0.25) is 0 Å². The predicted octanol–water partition coefficient (Wildman–Crippen LogP) is 5.03. The van der Waals surface area contributed by atoms with Gasteiger partial charge in [-0.1, -0.05) is 32.9 Å². The van der Waals surface area contributed by atoms with Gasteiger partial charge in [-0.05, 0) is 30.0 Å². The van der Waals surface area contributed by atoms with Crippen LogP contribution in [0.4, 0.5) is 17.6 Å². The lowest BCUT2D eigenvalue weighted by Gasteiger charge is -2.27. The SMILES string of the molecule is CC(C)(C)Cc1c[nH]c(CC(O)(c2ccc(-c3ccc(F)cn3)cc2F)C(F)F)n1. The highest BCUT2D eigenvalue weighted by molar-refractivity contribution is 5.59. The molecule has 160 valence electrons. The maximum absolute atomic E-state index is 14.8. The average molecular weight is 421 g/mol. The highest BCUT2D eigenvalue weighted by Gasteiger charge is 2.43.